The van der Waals surface area contributed by atoms with Gasteiger partial charge in [0.1, 0.15) is 6.61 Å². The zero-order valence-electron chi connectivity index (χ0n) is 11.4. The van der Waals surface area contributed by atoms with Crippen LogP contribution < -0.4 is 4.74 Å². The van der Waals surface area contributed by atoms with Crippen LogP contribution >= 0.6 is 0 Å². The topological polar surface area (TPSA) is 63.6 Å². The maximum Gasteiger partial charge on any atom is 0.200 e. The van der Waals surface area contributed by atoms with E-state index in [9.17, 15) is 13.5 Å². The van der Waals surface area contributed by atoms with E-state index in [1.807, 2.05) is 13.0 Å². The molecule has 0 saturated carbocycles. The molecule has 0 aromatic heterocycles. The monoisotopic (exact) mass is 302 g/mol. The van der Waals surface area contributed by atoms with Crippen molar-refractivity contribution < 1.29 is 18.3 Å². The van der Waals surface area contributed by atoms with Crippen LogP contribution in [0.1, 0.15) is 11.1 Å². The van der Waals surface area contributed by atoms with Gasteiger partial charge in [-0.1, -0.05) is 24.3 Å². The van der Waals surface area contributed by atoms with Gasteiger partial charge in [-0.15, -0.1) is 0 Å². The summed E-state index contributed by atoms with van der Waals surface area (Å²) in [5, 5.41) is 10.9. The Hall–Kier alpha value is -2.27. The molecule has 21 heavy (non-hydrogen) atoms. The van der Waals surface area contributed by atoms with Gasteiger partial charge in [0.2, 0.25) is 9.84 Å². The summed E-state index contributed by atoms with van der Waals surface area (Å²) < 4.78 is 29.8. The Morgan fingerprint density at radius 3 is 2.62 bits per heavy atom. The number of aromatic hydroxyl groups is 1. The summed E-state index contributed by atoms with van der Waals surface area (Å²) in [6, 6.07) is 11.8. The highest BCUT2D eigenvalue weighted by Gasteiger charge is 2.28. The minimum atomic E-state index is -3.40. The summed E-state index contributed by atoms with van der Waals surface area (Å²) in [6.45, 7) is 1.96. The first-order valence-corrected chi connectivity index (χ1v) is 8.00. The van der Waals surface area contributed by atoms with Gasteiger partial charge in [0.15, 0.2) is 11.5 Å². The SMILES string of the molecule is Cc1cccc2c1C(COc1ccccc1O)=CS2(=O)=O. The molecule has 1 aliphatic heterocycles. The molecule has 0 bridgehead atoms. The molecule has 108 valence electrons. The summed E-state index contributed by atoms with van der Waals surface area (Å²) in [7, 11) is -3.40. The minimum Gasteiger partial charge on any atom is -0.504 e. The predicted octanol–water partition coefficient (Wildman–Crippen LogP) is 2.91. The van der Waals surface area contributed by atoms with Crippen LogP contribution in [0.5, 0.6) is 11.5 Å². The average molecular weight is 302 g/mol. The third-order valence-corrected chi connectivity index (χ3v) is 4.96. The third kappa shape index (κ3) is 2.40. The highest BCUT2D eigenvalue weighted by atomic mass is 32.2. The number of phenolic OH excluding ortho intramolecular Hbond substituents is 1. The fourth-order valence-corrected chi connectivity index (χ4v) is 3.97. The van der Waals surface area contributed by atoms with Gasteiger partial charge < -0.3 is 9.84 Å². The predicted molar refractivity (Wildman–Crippen MR) is 79.9 cm³/mol. The van der Waals surface area contributed by atoms with Crippen molar-refractivity contribution in [2.45, 2.75) is 11.8 Å². The van der Waals surface area contributed by atoms with Gasteiger partial charge in [-0.2, -0.15) is 0 Å². The van der Waals surface area contributed by atoms with Crippen molar-refractivity contribution in [3.8, 4) is 11.5 Å². The second-order valence-electron chi connectivity index (χ2n) is 4.89. The Balaban J connectivity index is 1.94. The summed E-state index contributed by atoms with van der Waals surface area (Å²) in [5.74, 6) is 0.363. The number of benzene rings is 2. The maximum absolute atomic E-state index is 12.1. The molecule has 5 heteroatoms. The highest BCUT2D eigenvalue weighted by Crippen LogP contribution is 2.36. The highest BCUT2D eigenvalue weighted by molar-refractivity contribution is 7.95. The van der Waals surface area contributed by atoms with E-state index < -0.39 is 9.84 Å². The number of hydrogen-bond donors (Lipinski definition) is 1. The van der Waals surface area contributed by atoms with E-state index in [1.165, 1.54) is 11.5 Å². The van der Waals surface area contributed by atoms with Crippen molar-refractivity contribution in [1.29, 1.82) is 0 Å². The lowest BCUT2D eigenvalue weighted by molar-refractivity contribution is 0.341. The van der Waals surface area contributed by atoms with Gasteiger partial charge in [-0.05, 0) is 30.7 Å². The first-order chi connectivity index (χ1) is 9.99. The molecule has 1 aliphatic rings. The van der Waals surface area contributed by atoms with Gasteiger partial charge in [-0.25, -0.2) is 8.42 Å². The number of fused-ring (bicyclic) bond motifs is 1. The Labute approximate surface area is 123 Å². The Morgan fingerprint density at radius 2 is 1.86 bits per heavy atom. The number of hydrogen-bond acceptors (Lipinski definition) is 4. The van der Waals surface area contributed by atoms with E-state index >= 15 is 0 Å². The molecule has 0 saturated heterocycles. The van der Waals surface area contributed by atoms with Crippen LogP contribution in [-0.4, -0.2) is 20.1 Å². The van der Waals surface area contributed by atoms with Gasteiger partial charge in [0.25, 0.3) is 0 Å². The molecule has 2 aromatic carbocycles. The molecule has 1 N–H and O–H groups in total. The molecule has 2 aromatic rings. The van der Waals surface area contributed by atoms with E-state index in [0.29, 0.717) is 21.8 Å². The molecular weight excluding hydrogens is 288 g/mol. The number of aryl methyl sites for hydroxylation is 1. The number of ether oxygens (including phenoxy) is 1. The molecular formula is C16H14O4S. The molecule has 0 radical (unpaired) electrons. The molecule has 0 atom stereocenters. The summed E-state index contributed by atoms with van der Waals surface area (Å²) >= 11 is 0. The van der Waals surface area contributed by atoms with E-state index in [4.69, 9.17) is 4.74 Å². The van der Waals surface area contributed by atoms with E-state index in [1.54, 1.807) is 30.3 Å². The number of phenols is 1. The normalized spacial score (nSPS) is 15.4. The Bertz CT molecular complexity index is 835. The van der Waals surface area contributed by atoms with Crippen molar-refractivity contribution in [2.24, 2.45) is 0 Å². The summed E-state index contributed by atoms with van der Waals surface area (Å²) in [5.41, 5.74) is 2.19. The van der Waals surface area contributed by atoms with Crippen LogP contribution in [0.15, 0.2) is 52.8 Å². The van der Waals surface area contributed by atoms with Crippen LogP contribution in [0.2, 0.25) is 0 Å². The molecule has 1 heterocycles. The second kappa shape index (κ2) is 4.93. The Kier molecular flexibility index (Phi) is 3.22. The maximum atomic E-state index is 12.1. The molecule has 4 nitrogen and oxygen atoms in total. The molecule has 0 unspecified atom stereocenters. The molecule has 0 amide bonds. The molecule has 0 aliphatic carbocycles. The minimum absolute atomic E-state index is 0.0314. The Morgan fingerprint density at radius 1 is 1.10 bits per heavy atom. The van der Waals surface area contributed by atoms with Crippen molar-refractivity contribution in [1.82, 2.24) is 0 Å². The number of sulfone groups is 1. The zero-order valence-corrected chi connectivity index (χ0v) is 12.2. The van der Waals surface area contributed by atoms with E-state index in [-0.39, 0.29) is 12.4 Å². The van der Waals surface area contributed by atoms with E-state index in [0.717, 1.165) is 5.56 Å². The fourth-order valence-electron chi connectivity index (χ4n) is 2.44. The lowest BCUT2D eigenvalue weighted by Crippen LogP contribution is -2.01. The molecule has 3 rings (SSSR count). The van der Waals surface area contributed by atoms with Gasteiger partial charge in [0, 0.05) is 16.5 Å². The van der Waals surface area contributed by atoms with E-state index in [2.05, 4.69) is 0 Å². The van der Waals surface area contributed by atoms with Gasteiger partial charge in [0.05, 0.1) is 4.90 Å². The number of para-hydroxylation sites is 2. The second-order valence-corrected chi connectivity index (χ2v) is 6.66. The van der Waals surface area contributed by atoms with Gasteiger partial charge >= 0.3 is 0 Å². The zero-order chi connectivity index (χ0) is 15.0. The molecule has 0 fully saturated rings. The van der Waals surface area contributed by atoms with Crippen molar-refractivity contribution >= 4 is 15.4 Å². The van der Waals surface area contributed by atoms with Crippen LogP contribution in [0.25, 0.3) is 5.57 Å². The largest absolute Gasteiger partial charge is 0.504 e. The van der Waals surface area contributed by atoms with Crippen molar-refractivity contribution in [2.75, 3.05) is 6.61 Å². The molecule has 0 spiro atoms. The summed E-state index contributed by atoms with van der Waals surface area (Å²) in [6.07, 6.45) is 0. The first kappa shape index (κ1) is 13.7. The van der Waals surface area contributed by atoms with Crippen molar-refractivity contribution in [3.05, 3.63) is 59.0 Å². The third-order valence-electron chi connectivity index (χ3n) is 3.41. The smallest absolute Gasteiger partial charge is 0.200 e. The average Bonchev–Trinajstić information content (AvgIpc) is 2.71. The fraction of sp³-hybridized carbons (Fsp3) is 0.125. The quantitative estimate of drug-likeness (QED) is 0.947. The van der Waals surface area contributed by atoms with Crippen LogP contribution in [-0.2, 0) is 9.84 Å². The van der Waals surface area contributed by atoms with Crippen LogP contribution in [0, 0.1) is 6.92 Å². The lowest BCUT2D eigenvalue weighted by Gasteiger charge is -2.10. The number of rotatable bonds is 3. The van der Waals surface area contributed by atoms with Crippen LogP contribution in [0.4, 0.5) is 0 Å². The summed E-state index contributed by atoms with van der Waals surface area (Å²) in [4.78, 5) is 0.318. The van der Waals surface area contributed by atoms with Crippen molar-refractivity contribution in [3.63, 3.8) is 0 Å². The van der Waals surface area contributed by atoms with Crippen LogP contribution in [0.3, 0.4) is 0 Å². The lowest BCUT2D eigenvalue weighted by atomic mass is 10.0. The van der Waals surface area contributed by atoms with Gasteiger partial charge in [-0.3, -0.25) is 0 Å². The standard InChI is InChI=1S/C16H14O4S/c1-11-5-4-8-15-16(11)12(10-21(15,18)19)9-20-14-7-3-2-6-13(14)17/h2-8,10,17H,9H2,1H3. The first-order valence-electron chi connectivity index (χ1n) is 6.45.